The van der Waals surface area contributed by atoms with Crippen LogP contribution in [-0.2, 0) is 0 Å². The number of benzene rings is 1. The Balaban J connectivity index is 1.32. The number of aromatic amines is 1. The number of nitrogens with zero attached hydrogens (tertiary/aromatic N) is 3. The van der Waals surface area contributed by atoms with Gasteiger partial charge in [-0.1, -0.05) is 0 Å². The van der Waals surface area contributed by atoms with Crippen LogP contribution in [0.1, 0.15) is 39.5 Å². The van der Waals surface area contributed by atoms with Gasteiger partial charge in [-0.05, 0) is 57.6 Å². The van der Waals surface area contributed by atoms with Gasteiger partial charge in [0.15, 0.2) is 11.6 Å². The van der Waals surface area contributed by atoms with E-state index in [2.05, 4.69) is 44.9 Å². The van der Waals surface area contributed by atoms with Crippen LogP contribution < -0.4 is 10.6 Å². The zero-order chi connectivity index (χ0) is 22.5. The first kappa shape index (κ1) is 20.8. The van der Waals surface area contributed by atoms with Crippen molar-refractivity contribution in [3.63, 3.8) is 0 Å². The van der Waals surface area contributed by atoms with Crippen molar-refractivity contribution in [2.24, 2.45) is 5.92 Å². The van der Waals surface area contributed by atoms with Gasteiger partial charge in [0.2, 0.25) is 0 Å². The fraction of sp³-hybridized carbons (Fsp3) is 0.435. The normalized spacial score (nSPS) is 26.9. The average molecular weight is 440 g/mol. The number of aromatic hydroxyl groups is 1. The third-order valence-electron chi connectivity index (χ3n) is 6.78. The van der Waals surface area contributed by atoms with Crippen LogP contribution in [0, 0.1) is 17.6 Å². The van der Waals surface area contributed by atoms with Gasteiger partial charge in [-0.3, -0.25) is 5.10 Å². The van der Waals surface area contributed by atoms with Crippen molar-refractivity contribution in [2.45, 2.75) is 50.6 Å². The van der Waals surface area contributed by atoms with Crippen LogP contribution in [0.3, 0.4) is 0 Å². The maximum atomic E-state index is 14.8. The van der Waals surface area contributed by atoms with Gasteiger partial charge in [-0.2, -0.15) is 5.10 Å². The maximum absolute atomic E-state index is 14.8. The Kier molecular flexibility index (Phi) is 4.88. The van der Waals surface area contributed by atoms with Crippen LogP contribution in [0.5, 0.6) is 5.75 Å². The molecular weight excluding hydrogens is 414 g/mol. The van der Waals surface area contributed by atoms with Crippen LogP contribution in [0.2, 0.25) is 0 Å². The van der Waals surface area contributed by atoms with Crippen LogP contribution >= 0.6 is 0 Å². The minimum atomic E-state index is -0.683. The van der Waals surface area contributed by atoms with Crippen molar-refractivity contribution < 1.29 is 13.9 Å². The minimum Gasteiger partial charge on any atom is -0.507 e. The summed E-state index contributed by atoms with van der Waals surface area (Å²) in [6, 6.07) is 3.53. The van der Waals surface area contributed by atoms with Gasteiger partial charge in [0.1, 0.15) is 17.3 Å². The standard InChI is InChI=1S/C23H26F2N6O/c1-22-3-4-23(2,31-22)9-13(8-22)10-26-20-7-18(25)21(30-29-20)16-5-17(24)15(6-19(16)32)14-11-27-28-12-14/h5-7,11-13,31-32H,3-4,8-10H2,1-2H3,(H,26,29)(H,27,28). The smallest absolute Gasteiger partial charge is 0.155 e. The highest BCUT2D eigenvalue weighted by atomic mass is 19.1. The summed E-state index contributed by atoms with van der Waals surface area (Å²) in [5, 5.41) is 31.7. The van der Waals surface area contributed by atoms with Gasteiger partial charge in [0, 0.05) is 46.6 Å². The predicted octanol–water partition coefficient (Wildman–Crippen LogP) is 4.24. The molecule has 2 aliphatic rings. The van der Waals surface area contributed by atoms with Crippen LogP contribution in [0.25, 0.3) is 22.4 Å². The summed E-state index contributed by atoms with van der Waals surface area (Å²) in [5.41, 5.74) is 0.691. The molecule has 2 fully saturated rings. The first-order chi connectivity index (χ1) is 15.2. The number of fused-ring (bicyclic) bond motifs is 2. The van der Waals surface area contributed by atoms with Crippen LogP contribution in [-0.4, -0.2) is 43.1 Å². The van der Waals surface area contributed by atoms with Crippen molar-refractivity contribution in [1.82, 2.24) is 25.7 Å². The molecule has 0 amide bonds. The number of aromatic nitrogens is 4. The third kappa shape index (κ3) is 3.81. The zero-order valence-corrected chi connectivity index (χ0v) is 18.0. The first-order valence-corrected chi connectivity index (χ1v) is 10.8. The summed E-state index contributed by atoms with van der Waals surface area (Å²) < 4.78 is 29.4. The Labute approximate surface area is 184 Å². The number of piperidine rings is 1. The van der Waals surface area contributed by atoms with E-state index in [9.17, 15) is 13.9 Å². The van der Waals surface area contributed by atoms with E-state index in [0.717, 1.165) is 18.9 Å². The monoisotopic (exact) mass is 440 g/mol. The lowest BCUT2D eigenvalue weighted by Crippen LogP contribution is -2.54. The highest BCUT2D eigenvalue weighted by Gasteiger charge is 2.48. The molecule has 168 valence electrons. The van der Waals surface area contributed by atoms with Crippen molar-refractivity contribution in [3.8, 4) is 28.1 Å². The molecule has 2 aromatic heterocycles. The number of hydrogen-bond acceptors (Lipinski definition) is 6. The van der Waals surface area contributed by atoms with Gasteiger partial charge in [-0.15, -0.1) is 10.2 Å². The second-order valence-corrected chi connectivity index (χ2v) is 9.66. The van der Waals surface area contributed by atoms with E-state index in [1.807, 2.05) is 0 Å². The fourth-order valence-corrected chi connectivity index (χ4v) is 5.46. The van der Waals surface area contributed by atoms with E-state index in [1.54, 1.807) is 0 Å². The SMILES string of the molecule is CC12CCC(C)(CC(CNc3cc(F)c(-c4cc(F)c(-c5cn[nH]c5)cc4O)nn3)C1)N2. The minimum absolute atomic E-state index is 0.0536. The summed E-state index contributed by atoms with van der Waals surface area (Å²) in [7, 11) is 0. The summed E-state index contributed by atoms with van der Waals surface area (Å²) in [4.78, 5) is 0. The second kappa shape index (κ2) is 7.51. The Bertz CT molecular complexity index is 1140. The largest absolute Gasteiger partial charge is 0.507 e. The number of rotatable bonds is 5. The molecule has 0 aliphatic carbocycles. The van der Waals surface area contributed by atoms with Gasteiger partial charge < -0.3 is 15.7 Å². The van der Waals surface area contributed by atoms with Crippen LogP contribution in [0.4, 0.5) is 14.6 Å². The van der Waals surface area contributed by atoms with Gasteiger partial charge in [-0.25, -0.2) is 8.78 Å². The van der Waals surface area contributed by atoms with Crippen molar-refractivity contribution in [3.05, 3.63) is 42.2 Å². The second-order valence-electron chi connectivity index (χ2n) is 9.66. The van der Waals surface area contributed by atoms with E-state index in [-0.39, 0.29) is 33.6 Å². The molecule has 2 saturated heterocycles. The van der Waals surface area contributed by atoms with E-state index in [4.69, 9.17) is 0 Å². The molecule has 0 radical (unpaired) electrons. The third-order valence-corrected chi connectivity index (χ3v) is 6.78. The molecule has 4 N–H and O–H groups in total. The molecule has 5 rings (SSSR count). The fourth-order valence-electron chi connectivity index (χ4n) is 5.46. The van der Waals surface area contributed by atoms with E-state index in [1.165, 1.54) is 37.4 Å². The van der Waals surface area contributed by atoms with Crippen molar-refractivity contribution in [1.29, 1.82) is 0 Å². The molecule has 4 heterocycles. The molecule has 7 nitrogen and oxygen atoms in total. The lowest BCUT2D eigenvalue weighted by Gasteiger charge is -2.42. The number of phenolic OH excluding ortho intramolecular Hbond substituents is 1. The summed E-state index contributed by atoms with van der Waals surface area (Å²) >= 11 is 0. The summed E-state index contributed by atoms with van der Waals surface area (Å²) in [6.45, 7) is 5.21. The average Bonchev–Trinajstić information content (AvgIpc) is 3.34. The Hall–Kier alpha value is -3.07. The first-order valence-electron chi connectivity index (χ1n) is 10.8. The lowest BCUT2D eigenvalue weighted by molar-refractivity contribution is 0.178. The molecule has 2 bridgehead atoms. The molecule has 2 aliphatic heterocycles. The quantitative estimate of drug-likeness (QED) is 0.474. The highest BCUT2D eigenvalue weighted by molar-refractivity contribution is 5.74. The summed E-state index contributed by atoms with van der Waals surface area (Å²) in [6.07, 6.45) is 7.39. The maximum Gasteiger partial charge on any atom is 0.155 e. The molecule has 9 heteroatoms. The van der Waals surface area contributed by atoms with Gasteiger partial charge >= 0.3 is 0 Å². The van der Waals surface area contributed by atoms with E-state index >= 15 is 0 Å². The Morgan fingerprint density at radius 3 is 2.47 bits per heavy atom. The molecule has 0 spiro atoms. The predicted molar refractivity (Wildman–Crippen MR) is 117 cm³/mol. The number of nitrogens with one attached hydrogen (secondary N) is 3. The van der Waals surface area contributed by atoms with E-state index < -0.39 is 11.6 Å². The topological polar surface area (TPSA) is 98.8 Å². The van der Waals surface area contributed by atoms with E-state index in [0.29, 0.717) is 23.8 Å². The number of hydrogen-bond donors (Lipinski definition) is 4. The lowest BCUT2D eigenvalue weighted by atomic mass is 9.80. The summed E-state index contributed by atoms with van der Waals surface area (Å²) in [5.74, 6) is -0.819. The van der Waals surface area contributed by atoms with Gasteiger partial charge in [0.25, 0.3) is 0 Å². The number of H-pyrrole nitrogens is 1. The van der Waals surface area contributed by atoms with Crippen LogP contribution in [0.15, 0.2) is 30.6 Å². The molecule has 3 aromatic rings. The number of phenols is 1. The Morgan fingerprint density at radius 2 is 1.81 bits per heavy atom. The zero-order valence-electron chi connectivity index (χ0n) is 18.0. The van der Waals surface area contributed by atoms with Crippen molar-refractivity contribution in [2.75, 3.05) is 11.9 Å². The molecule has 2 atom stereocenters. The van der Waals surface area contributed by atoms with Gasteiger partial charge in [0.05, 0.1) is 6.20 Å². The number of halogens is 2. The Morgan fingerprint density at radius 1 is 1.06 bits per heavy atom. The molecule has 1 aromatic carbocycles. The molecule has 0 saturated carbocycles. The molecule has 32 heavy (non-hydrogen) atoms. The molecular formula is C23H26F2N6O. The molecule has 2 unspecified atom stereocenters. The van der Waals surface area contributed by atoms with Crippen molar-refractivity contribution >= 4 is 5.82 Å². The number of anilines is 1. The highest BCUT2D eigenvalue weighted by Crippen LogP contribution is 2.44.